The number of carboxylic acid groups (broad SMARTS) is 1. The number of benzene rings is 1. The predicted octanol–water partition coefficient (Wildman–Crippen LogP) is 6.05. The lowest BCUT2D eigenvalue weighted by Crippen LogP contribution is -2.46. The summed E-state index contributed by atoms with van der Waals surface area (Å²) in [6.45, 7) is 0.133. The van der Waals surface area contributed by atoms with E-state index < -0.39 is 17.7 Å². The van der Waals surface area contributed by atoms with Gasteiger partial charge in [-0.3, -0.25) is 0 Å². The molecule has 3 atom stereocenters. The van der Waals surface area contributed by atoms with E-state index in [1.165, 1.54) is 24.4 Å². The van der Waals surface area contributed by atoms with Crippen molar-refractivity contribution >= 4 is 11.8 Å². The van der Waals surface area contributed by atoms with Crippen LogP contribution in [0.25, 0.3) is 11.3 Å². The Hall–Kier alpha value is -3.40. The van der Waals surface area contributed by atoms with Crippen molar-refractivity contribution in [2.24, 2.45) is 0 Å². The highest BCUT2D eigenvalue weighted by Gasteiger charge is 2.43. The molecule has 2 saturated heterocycles. The summed E-state index contributed by atoms with van der Waals surface area (Å²) in [7, 11) is 0. The Kier molecular flexibility index (Phi) is 5.94. The first kappa shape index (κ1) is 24.0. The number of pyridine rings is 1. The fourth-order valence-electron chi connectivity index (χ4n) is 5.81. The second-order valence-corrected chi connectivity index (χ2v) is 10.1. The molecule has 37 heavy (non-hydrogen) atoms. The summed E-state index contributed by atoms with van der Waals surface area (Å²) in [5.41, 5.74) is 0.266. The summed E-state index contributed by atoms with van der Waals surface area (Å²) in [5, 5.41) is 13.4. The molecule has 4 heterocycles. The predicted molar refractivity (Wildman–Crippen MR) is 127 cm³/mol. The van der Waals surface area contributed by atoms with Crippen LogP contribution in [0.15, 0.2) is 47.1 Å². The van der Waals surface area contributed by atoms with Crippen molar-refractivity contribution in [2.45, 2.75) is 75.4 Å². The zero-order valence-electron chi connectivity index (χ0n) is 19.9. The minimum Gasteiger partial charge on any atom is -0.478 e. The first-order valence-corrected chi connectivity index (χ1v) is 12.5. The van der Waals surface area contributed by atoms with Crippen LogP contribution in [-0.2, 0) is 17.5 Å². The van der Waals surface area contributed by atoms with Gasteiger partial charge in [-0.05, 0) is 56.7 Å². The van der Waals surface area contributed by atoms with E-state index in [0.717, 1.165) is 44.6 Å². The molecule has 0 amide bonds. The number of ether oxygens (including phenoxy) is 1. The molecule has 3 aromatic rings. The number of alkyl halides is 3. The molecule has 1 unspecified atom stereocenters. The smallest absolute Gasteiger partial charge is 0.417 e. The number of halogens is 3. The summed E-state index contributed by atoms with van der Waals surface area (Å²) in [6.07, 6.45) is 2.15. The summed E-state index contributed by atoms with van der Waals surface area (Å²) in [6, 6.07) is 8.85. The van der Waals surface area contributed by atoms with E-state index in [4.69, 9.17) is 9.26 Å². The number of carboxylic acids is 1. The quantitative estimate of drug-likeness (QED) is 0.412. The van der Waals surface area contributed by atoms with Crippen molar-refractivity contribution < 1.29 is 32.3 Å². The zero-order valence-corrected chi connectivity index (χ0v) is 19.9. The second kappa shape index (κ2) is 9.16. The van der Waals surface area contributed by atoms with Crippen LogP contribution >= 0.6 is 0 Å². The van der Waals surface area contributed by atoms with E-state index in [2.05, 4.69) is 15.0 Å². The van der Waals surface area contributed by atoms with Crippen LogP contribution in [0, 0.1) is 0 Å². The van der Waals surface area contributed by atoms with E-state index in [9.17, 15) is 23.1 Å². The van der Waals surface area contributed by atoms with Gasteiger partial charge in [0.2, 0.25) is 0 Å². The summed E-state index contributed by atoms with van der Waals surface area (Å²) >= 11 is 0. The van der Waals surface area contributed by atoms with Gasteiger partial charge in [0.25, 0.3) is 0 Å². The maximum Gasteiger partial charge on any atom is 0.417 e. The van der Waals surface area contributed by atoms with E-state index in [1.807, 2.05) is 0 Å². The maximum atomic E-state index is 13.7. The maximum absolute atomic E-state index is 13.7. The molecule has 3 fully saturated rings. The van der Waals surface area contributed by atoms with Crippen LogP contribution in [0.3, 0.4) is 0 Å². The minimum absolute atomic E-state index is 0.00326. The van der Waals surface area contributed by atoms with Gasteiger partial charge in [0.1, 0.15) is 17.3 Å². The second-order valence-electron chi connectivity index (χ2n) is 10.1. The summed E-state index contributed by atoms with van der Waals surface area (Å²) in [4.78, 5) is 18.0. The van der Waals surface area contributed by atoms with Crippen LogP contribution < -0.4 is 4.90 Å². The SMILES string of the molecule is O=C(O)c1ccnc(N2[C@@H]3CC[C@H]2CC(OCc2c(-c4ccccc4C(F)(F)F)noc2C2CC2)C3)c1. The lowest BCUT2D eigenvalue weighted by atomic mass is 9.98. The van der Waals surface area contributed by atoms with Crippen molar-refractivity contribution in [3.8, 4) is 11.3 Å². The van der Waals surface area contributed by atoms with Crippen molar-refractivity contribution in [2.75, 3.05) is 4.90 Å². The number of nitrogens with zero attached hydrogens (tertiary/aromatic N) is 3. The Morgan fingerprint density at radius 2 is 1.84 bits per heavy atom. The Labute approximate surface area is 211 Å². The van der Waals surface area contributed by atoms with Crippen LogP contribution in [-0.4, -0.2) is 39.4 Å². The number of piperidine rings is 1. The van der Waals surface area contributed by atoms with E-state index in [1.54, 1.807) is 12.1 Å². The number of hydrogen-bond acceptors (Lipinski definition) is 6. The highest BCUT2D eigenvalue weighted by molar-refractivity contribution is 5.88. The fraction of sp³-hybridized carbons (Fsp3) is 0.444. The fourth-order valence-corrected chi connectivity index (χ4v) is 5.81. The third-order valence-corrected chi connectivity index (χ3v) is 7.66. The van der Waals surface area contributed by atoms with Crippen LogP contribution in [0.5, 0.6) is 0 Å². The molecule has 1 N–H and O–H groups in total. The summed E-state index contributed by atoms with van der Waals surface area (Å²) in [5.74, 6) is 0.467. The number of hydrogen-bond donors (Lipinski definition) is 1. The Morgan fingerprint density at radius 1 is 1.11 bits per heavy atom. The first-order chi connectivity index (χ1) is 17.8. The molecule has 1 aromatic carbocycles. The third kappa shape index (κ3) is 4.58. The van der Waals surface area contributed by atoms with Gasteiger partial charge in [-0.1, -0.05) is 23.4 Å². The molecule has 10 heteroatoms. The molecule has 1 aliphatic carbocycles. The first-order valence-electron chi connectivity index (χ1n) is 12.5. The Bertz CT molecular complexity index is 1310. The molecule has 6 rings (SSSR count). The number of carbonyl (C=O) groups is 1. The highest BCUT2D eigenvalue weighted by atomic mass is 19.4. The van der Waals surface area contributed by atoms with Gasteiger partial charge in [0.15, 0.2) is 0 Å². The molecule has 2 aliphatic heterocycles. The zero-order chi connectivity index (χ0) is 25.7. The summed E-state index contributed by atoms with van der Waals surface area (Å²) < 4.78 is 53.1. The van der Waals surface area contributed by atoms with E-state index >= 15 is 0 Å². The van der Waals surface area contributed by atoms with Crippen LogP contribution in [0.2, 0.25) is 0 Å². The molecule has 194 valence electrons. The van der Waals surface area contributed by atoms with Gasteiger partial charge in [-0.15, -0.1) is 0 Å². The van der Waals surface area contributed by atoms with Crippen molar-refractivity contribution in [3.63, 3.8) is 0 Å². The van der Waals surface area contributed by atoms with Gasteiger partial charge < -0.3 is 19.3 Å². The Morgan fingerprint density at radius 3 is 2.51 bits per heavy atom. The van der Waals surface area contributed by atoms with E-state index in [0.29, 0.717) is 17.1 Å². The van der Waals surface area contributed by atoms with Crippen LogP contribution in [0.1, 0.15) is 71.7 Å². The molecule has 0 radical (unpaired) electrons. The lowest BCUT2D eigenvalue weighted by Gasteiger charge is -2.39. The lowest BCUT2D eigenvalue weighted by molar-refractivity contribution is -0.137. The third-order valence-electron chi connectivity index (χ3n) is 7.66. The molecule has 2 aromatic heterocycles. The van der Waals surface area contributed by atoms with Crippen molar-refractivity contribution in [3.05, 3.63) is 65.0 Å². The largest absolute Gasteiger partial charge is 0.478 e. The van der Waals surface area contributed by atoms with Crippen molar-refractivity contribution in [1.82, 2.24) is 10.1 Å². The standard InChI is InChI=1S/C27H26F3N3O4/c28-27(29,30)22-4-2-1-3-20(22)24-21(25(37-32-24)15-5-6-15)14-36-19-12-17-7-8-18(13-19)33(17)23-11-16(26(34)35)9-10-31-23/h1-4,9-11,15,17-19H,5-8,12-14H2,(H,34,35)/t17-,18+,19?. The number of aromatic carboxylic acids is 1. The molecular weight excluding hydrogens is 487 g/mol. The van der Waals surface area contributed by atoms with Crippen molar-refractivity contribution in [1.29, 1.82) is 0 Å². The normalized spacial score (nSPS) is 23.4. The topological polar surface area (TPSA) is 88.7 Å². The van der Waals surface area contributed by atoms with Gasteiger partial charge >= 0.3 is 12.1 Å². The van der Waals surface area contributed by atoms with Gasteiger partial charge in [-0.2, -0.15) is 13.2 Å². The number of rotatable bonds is 7. The Balaban J connectivity index is 1.22. The van der Waals surface area contributed by atoms with Gasteiger partial charge in [-0.25, -0.2) is 9.78 Å². The number of aromatic nitrogens is 2. The van der Waals surface area contributed by atoms with E-state index in [-0.39, 0.29) is 47.5 Å². The van der Waals surface area contributed by atoms with Crippen LogP contribution in [0.4, 0.5) is 19.0 Å². The monoisotopic (exact) mass is 513 g/mol. The number of anilines is 1. The average molecular weight is 514 g/mol. The molecule has 2 bridgehead atoms. The van der Waals surface area contributed by atoms with Gasteiger partial charge in [0.05, 0.1) is 23.8 Å². The minimum atomic E-state index is -4.51. The molecule has 7 nitrogen and oxygen atoms in total. The highest BCUT2D eigenvalue weighted by Crippen LogP contribution is 2.46. The van der Waals surface area contributed by atoms with Gasteiger partial charge in [0, 0.05) is 35.3 Å². The molecule has 0 spiro atoms. The molecular formula is C27H26F3N3O4. The average Bonchev–Trinajstić information content (AvgIpc) is 3.58. The number of fused-ring (bicyclic) bond motifs is 2. The molecule has 1 saturated carbocycles. The molecule has 3 aliphatic rings.